The number of aromatic nitrogens is 1. The molecule has 3 aromatic rings. The first-order valence-corrected chi connectivity index (χ1v) is 10.3. The van der Waals surface area contributed by atoms with Crippen LogP contribution in [0.5, 0.6) is 11.5 Å². The summed E-state index contributed by atoms with van der Waals surface area (Å²) in [6.07, 6.45) is 1.26. The molecule has 0 bridgehead atoms. The van der Waals surface area contributed by atoms with Gasteiger partial charge in [-0.2, -0.15) is 0 Å². The summed E-state index contributed by atoms with van der Waals surface area (Å²) >= 11 is 0. The van der Waals surface area contributed by atoms with E-state index in [-0.39, 0.29) is 38.8 Å². The van der Waals surface area contributed by atoms with Crippen LogP contribution in [-0.2, 0) is 10.8 Å². The summed E-state index contributed by atoms with van der Waals surface area (Å²) in [5.74, 6) is -1.27. The first-order valence-electron chi connectivity index (χ1n) is 10.3. The Kier molecular flexibility index (Phi) is 5.80. The van der Waals surface area contributed by atoms with Crippen molar-refractivity contribution in [3.63, 3.8) is 0 Å². The number of pyridine rings is 1. The molecule has 0 atom stereocenters. The molecule has 32 heavy (non-hydrogen) atoms. The number of phenolic OH excluding ortho intramolecular Hbond substituents is 1. The van der Waals surface area contributed by atoms with Crippen molar-refractivity contribution in [1.82, 2.24) is 4.98 Å². The Morgan fingerprint density at radius 3 is 2.22 bits per heavy atom. The van der Waals surface area contributed by atoms with Gasteiger partial charge in [-0.05, 0) is 34.1 Å². The number of methoxy groups -OCH3 is 1. The summed E-state index contributed by atoms with van der Waals surface area (Å²) < 4.78 is 18.9. The molecule has 7 heteroatoms. The van der Waals surface area contributed by atoms with Crippen molar-refractivity contribution >= 4 is 22.5 Å². The van der Waals surface area contributed by atoms with Gasteiger partial charge in [0.05, 0.1) is 18.0 Å². The minimum atomic E-state index is -0.634. The number of carbonyl (C=O) groups excluding carboxylic acids is 1. The van der Waals surface area contributed by atoms with Crippen molar-refractivity contribution in [2.75, 3.05) is 12.4 Å². The highest BCUT2D eigenvalue weighted by Gasteiger charge is 2.27. The molecule has 0 saturated heterocycles. The van der Waals surface area contributed by atoms with Gasteiger partial charge >= 0.3 is 0 Å². The molecular weight excluding hydrogens is 411 g/mol. The van der Waals surface area contributed by atoms with Gasteiger partial charge in [-0.3, -0.25) is 9.59 Å². The summed E-state index contributed by atoms with van der Waals surface area (Å²) in [4.78, 5) is 28.8. The van der Waals surface area contributed by atoms with Crippen LogP contribution in [0.3, 0.4) is 0 Å². The number of fused-ring (bicyclic) bond motifs is 1. The molecule has 0 fully saturated rings. The number of aromatic amines is 1. The van der Waals surface area contributed by atoms with Gasteiger partial charge in [0.1, 0.15) is 11.3 Å². The minimum Gasteiger partial charge on any atom is -0.508 e. The molecule has 0 aliphatic heterocycles. The minimum absolute atomic E-state index is 0.0634. The first-order chi connectivity index (χ1) is 14.7. The number of halogens is 1. The van der Waals surface area contributed by atoms with Gasteiger partial charge in [0.15, 0.2) is 11.6 Å². The predicted molar refractivity (Wildman–Crippen MR) is 125 cm³/mol. The average molecular weight is 441 g/mol. The maximum atomic E-state index is 14.0. The van der Waals surface area contributed by atoms with E-state index in [0.717, 1.165) is 17.2 Å². The lowest BCUT2D eigenvalue weighted by atomic mass is 9.79. The van der Waals surface area contributed by atoms with Crippen molar-refractivity contribution in [2.24, 2.45) is 0 Å². The average Bonchev–Trinajstić information content (AvgIpc) is 2.65. The smallest absolute Gasteiger partial charge is 0.261 e. The molecule has 0 unspecified atom stereocenters. The number of benzene rings is 2. The molecule has 0 radical (unpaired) electrons. The number of rotatable bonds is 3. The highest BCUT2D eigenvalue weighted by atomic mass is 19.1. The third kappa shape index (κ3) is 4.33. The van der Waals surface area contributed by atoms with E-state index in [2.05, 4.69) is 10.3 Å². The fourth-order valence-corrected chi connectivity index (χ4v) is 3.65. The van der Waals surface area contributed by atoms with E-state index in [0.29, 0.717) is 5.69 Å². The number of ether oxygens (including phenoxy) is 1. The molecule has 0 saturated carbocycles. The van der Waals surface area contributed by atoms with E-state index in [9.17, 15) is 19.1 Å². The quantitative estimate of drug-likeness (QED) is 0.520. The maximum Gasteiger partial charge on any atom is 0.261 e. The van der Waals surface area contributed by atoms with Crippen molar-refractivity contribution in [2.45, 2.75) is 52.4 Å². The first kappa shape index (κ1) is 23.3. The molecule has 0 aliphatic rings. The Labute approximate surface area is 186 Å². The number of anilines is 1. The van der Waals surface area contributed by atoms with Gasteiger partial charge in [0.2, 0.25) is 5.43 Å². The fourth-order valence-electron chi connectivity index (χ4n) is 3.65. The fraction of sp³-hybridized carbons (Fsp3) is 0.360. The summed E-state index contributed by atoms with van der Waals surface area (Å²) in [5.41, 5.74) is 0.949. The number of hydrogen-bond donors (Lipinski definition) is 3. The highest BCUT2D eigenvalue weighted by molar-refractivity contribution is 6.06. The number of aromatic hydroxyl groups is 1. The Bertz CT molecular complexity index is 1260. The SMILES string of the molecule is COc1cc2c(=O)c(C(=O)Nc3cc(O)c(C(C)(C)C)cc3C(C)(C)C)c[nH]c2cc1F. The zero-order chi connectivity index (χ0) is 24.0. The number of amides is 1. The maximum absolute atomic E-state index is 14.0. The van der Waals surface area contributed by atoms with E-state index in [1.807, 2.05) is 47.6 Å². The van der Waals surface area contributed by atoms with Crippen molar-refractivity contribution < 1.29 is 19.0 Å². The van der Waals surface area contributed by atoms with Gasteiger partial charge in [-0.15, -0.1) is 0 Å². The van der Waals surface area contributed by atoms with Gasteiger partial charge < -0.3 is 20.1 Å². The lowest BCUT2D eigenvalue weighted by Crippen LogP contribution is -2.25. The number of phenols is 1. The van der Waals surface area contributed by atoms with Crippen molar-refractivity contribution in [3.05, 3.63) is 63.2 Å². The zero-order valence-electron chi connectivity index (χ0n) is 19.4. The lowest BCUT2D eigenvalue weighted by molar-refractivity contribution is 0.102. The molecule has 1 amide bonds. The Morgan fingerprint density at radius 2 is 1.66 bits per heavy atom. The van der Waals surface area contributed by atoms with Crippen molar-refractivity contribution in [3.8, 4) is 11.5 Å². The summed E-state index contributed by atoms with van der Waals surface area (Å²) in [6, 6.07) is 5.83. The van der Waals surface area contributed by atoms with Crippen LogP contribution in [0.4, 0.5) is 10.1 Å². The largest absolute Gasteiger partial charge is 0.508 e. The second-order valence-electron chi connectivity index (χ2n) is 9.93. The van der Waals surface area contributed by atoms with Gasteiger partial charge in [-0.25, -0.2) is 4.39 Å². The molecule has 3 N–H and O–H groups in total. The van der Waals surface area contributed by atoms with Crippen molar-refractivity contribution in [1.29, 1.82) is 0 Å². The van der Waals surface area contributed by atoms with Gasteiger partial charge in [0, 0.05) is 24.0 Å². The van der Waals surface area contributed by atoms with Crippen LogP contribution in [0.2, 0.25) is 0 Å². The van der Waals surface area contributed by atoms with Crippen LogP contribution >= 0.6 is 0 Å². The molecule has 170 valence electrons. The molecule has 1 aromatic heterocycles. The molecular formula is C25H29FN2O4. The molecule has 2 aromatic carbocycles. The predicted octanol–water partition coefficient (Wildman–Crippen LogP) is 5.23. The number of hydrogen-bond acceptors (Lipinski definition) is 4. The van der Waals surface area contributed by atoms with Crippen LogP contribution in [0, 0.1) is 5.82 Å². The third-order valence-electron chi connectivity index (χ3n) is 5.40. The molecule has 0 spiro atoms. The lowest BCUT2D eigenvalue weighted by Gasteiger charge is -2.28. The summed E-state index contributed by atoms with van der Waals surface area (Å²) in [7, 11) is 1.30. The Hall–Kier alpha value is -3.35. The van der Waals surface area contributed by atoms with E-state index in [4.69, 9.17) is 4.74 Å². The Balaban J connectivity index is 2.10. The van der Waals surface area contributed by atoms with Crippen LogP contribution in [0.25, 0.3) is 10.9 Å². The van der Waals surface area contributed by atoms with Gasteiger partial charge in [-0.1, -0.05) is 41.5 Å². The molecule has 0 aliphatic carbocycles. The van der Waals surface area contributed by atoms with Crippen LogP contribution in [0.15, 0.2) is 35.3 Å². The van der Waals surface area contributed by atoms with Crippen LogP contribution < -0.4 is 15.5 Å². The van der Waals surface area contributed by atoms with Gasteiger partial charge in [0.25, 0.3) is 5.91 Å². The number of nitrogens with one attached hydrogen (secondary N) is 2. The molecule has 6 nitrogen and oxygen atoms in total. The second-order valence-corrected chi connectivity index (χ2v) is 9.93. The third-order valence-corrected chi connectivity index (χ3v) is 5.40. The monoisotopic (exact) mass is 440 g/mol. The number of carbonyl (C=O) groups is 1. The summed E-state index contributed by atoms with van der Waals surface area (Å²) in [6.45, 7) is 12.0. The molecule has 3 rings (SSSR count). The summed E-state index contributed by atoms with van der Waals surface area (Å²) in [5, 5.41) is 13.5. The van der Waals surface area contributed by atoms with E-state index < -0.39 is 17.2 Å². The van der Waals surface area contributed by atoms with Crippen LogP contribution in [-0.4, -0.2) is 23.1 Å². The normalized spacial score (nSPS) is 12.1. The standard InChI is InChI=1S/C25H29FN2O4/c1-24(2,3)15-9-16(25(4,5)6)20(29)11-19(15)28-23(31)14-12-27-18-10-17(26)21(32-7)8-13(18)22(14)30/h8-12,29H,1-7H3,(H,27,30)(H,28,31). The van der Waals surface area contributed by atoms with Crippen LogP contribution in [0.1, 0.15) is 63.0 Å². The van der Waals surface area contributed by atoms with E-state index >= 15 is 0 Å². The number of H-pyrrole nitrogens is 1. The Morgan fingerprint density at radius 1 is 1.03 bits per heavy atom. The zero-order valence-corrected chi connectivity index (χ0v) is 19.4. The topological polar surface area (TPSA) is 91.4 Å². The second kappa shape index (κ2) is 7.97. The van der Waals surface area contributed by atoms with E-state index in [1.54, 1.807) is 0 Å². The van der Waals surface area contributed by atoms with E-state index in [1.165, 1.54) is 25.4 Å². The highest BCUT2D eigenvalue weighted by Crippen LogP contribution is 2.39. The molecule has 1 heterocycles.